The zero-order valence-electron chi connectivity index (χ0n) is 9.55. The van der Waals surface area contributed by atoms with E-state index in [1.165, 1.54) is 0 Å². The molecule has 88 valence electrons. The molecule has 1 atom stereocenters. The fourth-order valence-corrected chi connectivity index (χ4v) is 2.33. The first-order valence-electron chi connectivity index (χ1n) is 5.46. The second-order valence-electron chi connectivity index (χ2n) is 4.24. The molecular weight excluding hydrogens is 222 g/mol. The number of fused-ring (bicyclic) bond motifs is 1. The third kappa shape index (κ3) is 2.42. The number of hydrogen-bond acceptors (Lipinski definition) is 4. The zero-order chi connectivity index (χ0) is 11.5. The number of aliphatic hydroxyl groups is 1. The lowest BCUT2D eigenvalue weighted by Gasteiger charge is -2.19. The SMILES string of the molecule is CC(C)[C@@H](CO)NCc1cn2ccsc2n1. The Kier molecular flexibility index (Phi) is 3.58. The van der Waals surface area contributed by atoms with Crippen molar-refractivity contribution in [3.63, 3.8) is 0 Å². The van der Waals surface area contributed by atoms with Crippen LogP contribution in [0.4, 0.5) is 0 Å². The number of aliphatic hydroxyl groups excluding tert-OH is 1. The van der Waals surface area contributed by atoms with Crippen LogP contribution in [0.25, 0.3) is 4.96 Å². The Morgan fingerprint density at radius 1 is 1.56 bits per heavy atom. The zero-order valence-corrected chi connectivity index (χ0v) is 10.4. The number of rotatable bonds is 5. The lowest BCUT2D eigenvalue weighted by molar-refractivity contribution is 0.210. The lowest BCUT2D eigenvalue weighted by atomic mass is 10.1. The molecule has 0 radical (unpaired) electrons. The quantitative estimate of drug-likeness (QED) is 0.831. The number of hydrogen-bond donors (Lipinski definition) is 2. The van der Waals surface area contributed by atoms with Gasteiger partial charge in [-0.25, -0.2) is 4.98 Å². The third-order valence-corrected chi connectivity index (χ3v) is 3.46. The summed E-state index contributed by atoms with van der Waals surface area (Å²) in [6, 6.07) is 0.139. The molecule has 0 aliphatic rings. The summed E-state index contributed by atoms with van der Waals surface area (Å²) >= 11 is 1.63. The highest BCUT2D eigenvalue weighted by atomic mass is 32.1. The standard InChI is InChI=1S/C11H17N3OS/c1-8(2)10(7-15)12-5-9-6-14-3-4-16-11(14)13-9/h3-4,6,8,10,12,15H,5,7H2,1-2H3/t10-/m1/s1. The van der Waals surface area contributed by atoms with Crippen LogP contribution in [0, 0.1) is 5.92 Å². The van der Waals surface area contributed by atoms with Crippen LogP contribution in [-0.4, -0.2) is 27.1 Å². The Morgan fingerprint density at radius 2 is 2.38 bits per heavy atom. The Hall–Kier alpha value is -0.910. The molecule has 0 aromatic carbocycles. The van der Waals surface area contributed by atoms with Crippen LogP contribution in [0.3, 0.4) is 0 Å². The number of thiazole rings is 1. The molecule has 2 aromatic rings. The maximum atomic E-state index is 9.19. The minimum Gasteiger partial charge on any atom is -0.395 e. The van der Waals surface area contributed by atoms with Crippen molar-refractivity contribution in [1.29, 1.82) is 0 Å². The second-order valence-corrected chi connectivity index (χ2v) is 5.11. The lowest BCUT2D eigenvalue weighted by Crippen LogP contribution is -2.36. The van der Waals surface area contributed by atoms with E-state index in [4.69, 9.17) is 0 Å². The van der Waals surface area contributed by atoms with Crippen LogP contribution in [0.2, 0.25) is 0 Å². The maximum Gasteiger partial charge on any atom is 0.193 e. The van der Waals surface area contributed by atoms with Gasteiger partial charge in [0, 0.05) is 30.4 Å². The molecule has 2 N–H and O–H groups in total. The van der Waals surface area contributed by atoms with Crippen LogP contribution >= 0.6 is 11.3 Å². The van der Waals surface area contributed by atoms with Crippen LogP contribution < -0.4 is 5.32 Å². The molecule has 0 unspecified atom stereocenters. The number of nitrogens with one attached hydrogen (secondary N) is 1. The Balaban J connectivity index is 1.97. The summed E-state index contributed by atoms with van der Waals surface area (Å²) in [4.78, 5) is 5.49. The first-order valence-corrected chi connectivity index (χ1v) is 6.34. The van der Waals surface area contributed by atoms with Gasteiger partial charge in [-0.2, -0.15) is 0 Å². The van der Waals surface area contributed by atoms with Gasteiger partial charge in [0.2, 0.25) is 0 Å². The number of imidazole rings is 1. The first kappa shape index (κ1) is 11.6. The minimum atomic E-state index is 0.139. The van der Waals surface area contributed by atoms with E-state index >= 15 is 0 Å². The van der Waals surface area contributed by atoms with E-state index in [1.807, 2.05) is 22.2 Å². The van der Waals surface area contributed by atoms with Crippen molar-refractivity contribution in [2.24, 2.45) is 5.92 Å². The van der Waals surface area contributed by atoms with Crippen molar-refractivity contribution >= 4 is 16.3 Å². The summed E-state index contributed by atoms with van der Waals surface area (Å²) in [5.41, 5.74) is 1.02. The van der Waals surface area contributed by atoms with Crippen molar-refractivity contribution in [2.45, 2.75) is 26.4 Å². The Bertz CT molecular complexity index is 420. The van der Waals surface area contributed by atoms with Crippen molar-refractivity contribution in [3.05, 3.63) is 23.5 Å². The molecule has 0 amide bonds. The van der Waals surface area contributed by atoms with Gasteiger partial charge in [-0.05, 0) is 5.92 Å². The van der Waals surface area contributed by atoms with Crippen molar-refractivity contribution in [2.75, 3.05) is 6.61 Å². The van der Waals surface area contributed by atoms with Crippen molar-refractivity contribution in [3.8, 4) is 0 Å². The maximum absolute atomic E-state index is 9.19. The molecular formula is C11H17N3OS. The molecule has 0 spiro atoms. The molecule has 0 bridgehead atoms. The van der Waals surface area contributed by atoms with E-state index in [-0.39, 0.29) is 12.6 Å². The van der Waals surface area contributed by atoms with Gasteiger partial charge in [0.25, 0.3) is 0 Å². The third-order valence-electron chi connectivity index (χ3n) is 2.69. The summed E-state index contributed by atoms with van der Waals surface area (Å²) in [6.07, 6.45) is 4.02. The summed E-state index contributed by atoms with van der Waals surface area (Å²) in [5, 5.41) is 14.5. The van der Waals surface area contributed by atoms with Gasteiger partial charge in [0.15, 0.2) is 4.96 Å². The Morgan fingerprint density at radius 3 is 3.00 bits per heavy atom. The number of nitrogens with zero attached hydrogens (tertiary/aromatic N) is 2. The van der Waals surface area contributed by atoms with Crippen molar-refractivity contribution < 1.29 is 5.11 Å². The summed E-state index contributed by atoms with van der Waals surface area (Å²) < 4.78 is 2.02. The van der Waals surface area contributed by atoms with Crippen LogP contribution in [0.15, 0.2) is 17.8 Å². The van der Waals surface area contributed by atoms with E-state index in [1.54, 1.807) is 11.3 Å². The molecule has 0 saturated heterocycles. The summed E-state index contributed by atoms with van der Waals surface area (Å²) in [7, 11) is 0. The molecule has 16 heavy (non-hydrogen) atoms. The molecule has 2 rings (SSSR count). The predicted octanol–water partition coefficient (Wildman–Crippen LogP) is 1.50. The van der Waals surface area contributed by atoms with Crippen LogP contribution in [0.1, 0.15) is 19.5 Å². The molecule has 5 heteroatoms. The highest BCUT2D eigenvalue weighted by Crippen LogP contribution is 2.11. The molecule has 2 heterocycles. The van der Waals surface area contributed by atoms with E-state index in [9.17, 15) is 5.11 Å². The fraction of sp³-hybridized carbons (Fsp3) is 0.545. The van der Waals surface area contributed by atoms with Crippen molar-refractivity contribution in [1.82, 2.24) is 14.7 Å². The van der Waals surface area contributed by atoms with Gasteiger partial charge in [0.05, 0.1) is 12.3 Å². The highest BCUT2D eigenvalue weighted by molar-refractivity contribution is 7.15. The van der Waals surface area contributed by atoms with Crippen LogP contribution in [-0.2, 0) is 6.54 Å². The van der Waals surface area contributed by atoms with Gasteiger partial charge in [0.1, 0.15) is 0 Å². The molecule has 0 aliphatic heterocycles. The topological polar surface area (TPSA) is 49.6 Å². The normalized spacial score (nSPS) is 13.8. The van der Waals surface area contributed by atoms with E-state index < -0.39 is 0 Å². The average Bonchev–Trinajstić information content (AvgIpc) is 2.77. The van der Waals surface area contributed by atoms with Crippen LogP contribution in [0.5, 0.6) is 0 Å². The molecule has 0 aliphatic carbocycles. The monoisotopic (exact) mass is 239 g/mol. The van der Waals surface area contributed by atoms with Gasteiger partial charge in [-0.3, -0.25) is 4.40 Å². The molecule has 0 saturated carbocycles. The van der Waals surface area contributed by atoms with Gasteiger partial charge in [-0.1, -0.05) is 13.8 Å². The van der Waals surface area contributed by atoms with E-state index in [2.05, 4.69) is 24.1 Å². The van der Waals surface area contributed by atoms with E-state index in [0.717, 1.165) is 10.7 Å². The minimum absolute atomic E-state index is 0.139. The first-order chi connectivity index (χ1) is 7.70. The fourth-order valence-electron chi connectivity index (χ4n) is 1.61. The molecule has 4 nitrogen and oxygen atoms in total. The van der Waals surface area contributed by atoms with Gasteiger partial charge < -0.3 is 10.4 Å². The molecule has 0 fully saturated rings. The number of aromatic nitrogens is 2. The highest BCUT2D eigenvalue weighted by Gasteiger charge is 2.12. The summed E-state index contributed by atoms with van der Waals surface area (Å²) in [5.74, 6) is 0.425. The Labute approximate surface area is 98.9 Å². The summed E-state index contributed by atoms with van der Waals surface area (Å²) in [6.45, 7) is 5.07. The van der Waals surface area contributed by atoms with Gasteiger partial charge in [-0.15, -0.1) is 11.3 Å². The second kappa shape index (κ2) is 4.95. The van der Waals surface area contributed by atoms with Gasteiger partial charge >= 0.3 is 0 Å². The predicted molar refractivity (Wildman–Crippen MR) is 65.6 cm³/mol. The molecule has 2 aromatic heterocycles. The largest absolute Gasteiger partial charge is 0.395 e. The average molecular weight is 239 g/mol. The smallest absolute Gasteiger partial charge is 0.193 e. The van der Waals surface area contributed by atoms with E-state index in [0.29, 0.717) is 12.5 Å².